The average Bonchev–Trinajstić information content (AvgIpc) is 2.50. The van der Waals surface area contributed by atoms with E-state index in [-0.39, 0.29) is 0 Å². The first-order chi connectivity index (χ1) is 6.65. The highest BCUT2D eigenvalue weighted by Gasteiger charge is 2.43. The van der Waals surface area contributed by atoms with Gasteiger partial charge in [0.25, 0.3) is 0 Å². The summed E-state index contributed by atoms with van der Waals surface area (Å²) in [6.45, 7) is 12.2. The molecule has 2 fully saturated rings. The van der Waals surface area contributed by atoms with Gasteiger partial charge < -0.3 is 5.32 Å². The van der Waals surface area contributed by atoms with Crippen molar-refractivity contribution in [3.63, 3.8) is 0 Å². The van der Waals surface area contributed by atoms with E-state index in [0.717, 1.165) is 12.0 Å². The third-order valence-corrected chi connectivity index (χ3v) is 4.37. The zero-order valence-corrected chi connectivity index (χ0v) is 9.84. The van der Waals surface area contributed by atoms with E-state index in [9.17, 15) is 0 Å². The monoisotopic (exact) mass is 196 g/mol. The van der Waals surface area contributed by atoms with E-state index in [1.807, 2.05) is 0 Å². The van der Waals surface area contributed by atoms with Crippen molar-refractivity contribution in [2.24, 2.45) is 11.3 Å². The van der Waals surface area contributed by atoms with Gasteiger partial charge in [-0.1, -0.05) is 20.8 Å². The quantitative estimate of drug-likeness (QED) is 0.687. The second-order valence-corrected chi connectivity index (χ2v) is 5.53. The highest BCUT2D eigenvalue weighted by molar-refractivity contribution is 4.97. The summed E-state index contributed by atoms with van der Waals surface area (Å²) < 4.78 is 0. The normalized spacial score (nSPS) is 37.9. The highest BCUT2D eigenvalue weighted by Crippen LogP contribution is 2.41. The summed E-state index contributed by atoms with van der Waals surface area (Å²) in [6, 6.07) is 0.803. The number of nitrogens with zero attached hydrogens (tertiary/aromatic N) is 1. The molecule has 82 valence electrons. The molecule has 0 amide bonds. The Kier molecular flexibility index (Phi) is 2.85. The number of hydrogen-bond donors (Lipinski definition) is 1. The van der Waals surface area contributed by atoms with Crippen molar-refractivity contribution < 1.29 is 0 Å². The summed E-state index contributed by atoms with van der Waals surface area (Å²) in [5.41, 5.74) is 0.540. The summed E-state index contributed by atoms with van der Waals surface area (Å²) in [5, 5.41) is 3.60. The molecule has 2 heterocycles. The lowest BCUT2D eigenvalue weighted by molar-refractivity contribution is 0.154. The van der Waals surface area contributed by atoms with Gasteiger partial charge in [0.15, 0.2) is 0 Å². The van der Waals surface area contributed by atoms with E-state index in [2.05, 4.69) is 31.0 Å². The van der Waals surface area contributed by atoms with Crippen LogP contribution < -0.4 is 5.32 Å². The van der Waals surface area contributed by atoms with E-state index < -0.39 is 0 Å². The van der Waals surface area contributed by atoms with Crippen LogP contribution in [0.15, 0.2) is 0 Å². The third-order valence-electron chi connectivity index (χ3n) is 4.37. The Morgan fingerprint density at radius 3 is 2.93 bits per heavy atom. The molecule has 0 saturated carbocycles. The van der Waals surface area contributed by atoms with Crippen molar-refractivity contribution in [1.29, 1.82) is 0 Å². The van der Waals surface area contributed by atoms with Crippen molar-refractivity contribution in [2.75, 3.05) is 26.2 Å². The van der Waals surface area contributed by atoms with Crippen LogP contribution in [0.2, 0.25) is 0 Å². The van der Waals surface area contributed by atoms with E-state index in [0.29, 0.717) is 5.41 Å². The fraction of sp³-hybridized carbons (Fsp3) is 1.00. The van der Waals surface area contributed by atoms with Crippen molar-refractivity contribution in [1.82, 2.24) is 10.2 Å². The lowest BCUT2D eigenvalue weighted by Gasteiger charge is -2.34. The molecule has 2 heteroatoms. The van der Waals surface area contributed by atoms with Crippen molar-refractivity contribution >= 4 is 0 Å². The zero-order chi connectivity index (χ0) is 10.2. The molecule has 0 aromatic rings. The molecule has 2 atom stereocenters. The topological polar surface area (TPSA) is 15.3 Å². The standard InChI is InChI=1S/C12H24N2/c1-4-14-8-5-10-11(14)9-13-7-6-12(10,2)3/h10-11,13H,4-9H2,1-3H3. The second kappa shape index (κ2) is 3.82. The largest absolute Gasteiger partial charge is 0.315 e. The Balaban J connectivity index is 2.15. The molecule has 2 aliphatic heterocycles. The van der Waals surface area contributed by atoms with E-state index in [1.165, 1.54) is 39.0 Å². The maximum atomic E-state index is 3.60. The fourth-order valence-electron chi connectivity index (χ4n) is 3.34. The summed E-state index contributed by atoms with van der Waals surface area (Å²) in [7, 11) is 0. The number of likely N-dealkylation sites (tertiary alicyclic amines) is 1. The maximum Gasteiger partial charge on any atom is 0.0254 e. The molecule has 0 aromatic carbocycles. The van der Waals surface area contributed by atoms with Gasteiger partial charge in [0, 0.05) is 12.6 Å². The van der Waals surface area contributed by atoms with Gasteiger partial charge in [-0.3, -0.25) is 4.90 Å². The molecule has 2 nitrogen and oxygen atoms in total. The van der Waals surface area contributed by atoms with Gasteiger partial charge in [-0.05, 0) is 43.8 Å². The number of nitrogens with one attached hydrogen (secondary N) is 1. The summed E-state index contributed by atoms with van der Waals surface area (Å²) in [5.74, 6) is 0.914. The molecule has 0 aliphatic carbocycles. The number of hydrogen-bond acceptors (Lipinski definition) is 2. The molecule has 0 radical (unpaired) electrons. The van der Waals surface area contributed by atoms with Crippen LogP contribution >= 0.6 is 0 Å². The molecular formula is C12H24N2. The minimum atomic E-state index is 0.540. The predicted octanol–water partition coefficient (Wildman–Crippen LogP) is 1.72. The molecule has 0 spiro atoms. The minimum Gasteiger partial charge on any atom is -0.315 e. The SMILES string of the molecule is CCN1CCC2C1CNCCC2(C)C. The number of likely N-dealkylation sites (N-methyl/N-ethyl adjacent to an activating group) is 1. The molecule has 0 bridgehead atoms. The first-order valence-corrected chi connectivity index (χ1v) is 6.10. The molecule has 2 aliphatic rings. The Labute approximate surface area is 88.1 Å². The maximum absolute atomic E-state index is 3.60. The molecule has 2 unspecified atom stereocenters. The van der Waals surface area contributed by atoms with Crippen molar-refractivity contribution in [2.45, 2.75) is 39.7 Å². The molecule has 0 aromatic heterocycles. The van der Waals surface area contributed by atoms with Crippen LogP contribution in [-0.2, 0) is 0 Å². The summed E-state index contributed by atoms with van der Waals surface area (Å²) >= 11 is 0. The number of rotatable bonds is 1. The van der Waals surface area contributed by atoms with Crippen LogP contribution in [0.1, 0.15) is 33.6 Å². The van der Waals surface area contributed by atoms with Gasteiger partial charge in [-0.2, -0.15) is 0 Å². The van der Waals surface area contributed by atoms with Crippen LogP contribution in [0.4, 0.5) is 0 Å². The number of fused-ring (bicyclic) bond motifs is 1. The molecule has 14 heavy (non-hydrogen) atoms. The van der Waals surface area contributed by atoms with Gasteiger partial charge >= 0.3 is 0 Å². The lowest BCUT2D eigenvalue weighted by Crippen LogP contribution is -2.41. The van der Waals surface area contributed by atoms with Gasteiger partial charge in [-0.15, -0.1) is 0 Å². The van der Waals surface area contributed by atoms with Crippen molar-refractivity contribution in [3.05, 3.63) is 0 Å². The van der Waals surface area contributed by atoms with Crippen molar-refractivity contribution in [3.8, 4) is 0 Å². The molecule has 2 rings (SSSR count). The Bertz CT molecular complexity index is 200. The first kappa shape index (κ1) is 10.4. The van der Waals surface area contributed by atoms with E-state index in [1.54, 1.807) is 0 Å². The van der Waals surface area contributed by atoms with Gasteiger partial charge in [0.2, 0.25) is 0 Å². The summed E-state index contributed by atoms with van der Waals surface area (Å²) in [6.07, 6.45) is 2.75. The molecular weight excluding hydrogens is 172 g/mol. The van der Waals surface area contributed by atoms with Gasteiger partial charge in [-0.25, -0.2) is 0 Å². The van der Waals surface area contributed by atoms with Crippen LogP contribution in [0.25, 0.3) is 0 Å². The average molecular weight is 196 g/mol. The van der Waals surface area contributed by atoms with Crippen LogP contribution in [0.3, 0.4) is 0 Å². The second-order valence-electron chi connectivity index (χ2n) is 5.53. The Morgan fingerprint density at radius 1 is 1.43 bits per heavy atom. The van der Waals surface area contributed by atoms with Gasteiger partial charge in [0.1, 0.15) is 0 Å². The predicted molar refractivity (Wildman–Crippen MR) is 60.4 cm³/mol. The Hall–Kier alpha value is -0.0800. The third kappa shape index (κ3) is 1.70. The molecule has 2 saturated heterocycles. The van der Waals surface area contributed by atoms with E-state index in [4.69, 9.17) is 0 Å². The zero-order valence-electron chi connectivity index (χ0n) is 9.84. The Morgan fingerprint density at radius 2 is 2.21 bits per heavy atom. The minimum absolute atomic E-state index is 0.540. The fourth-order valence-corrected chi connectivity index (χ4v) is 3.34. The van der Waals surface area contributed by atoms with Gasteiger partial charge in [0.05, 0.1) is 0 Å². The summed E-state index contributed by atoms with van der Waals surface area (Å²) in [4.78, 5) is 2.66. The molecule has 1 N–H and O–H groups in total. The first-order valence-electron chi connectivity index (χ1n) is 6.10. The van der Waals surface area contributed by atoms with Crippen LogP contribution in [0.5, 0.6) is 0 Å². The van der Waals surface area contributed by atoms with E-state index >= 15 is 0 Å². The van der Waals surface area contributed by atoms with Crippen LogP contribution in [0, 0.1) is 11.3 Å². The smallest absolute Gasteiger partial charge is 0.0254 e. The lowest BCUT2D eigenvalue weighted by atomic mass is 9.73. The highest BCUT2D eigenvalue weighted by atomic mass is 15.2. The van der Waals surface area contributed by atoms with Crippen LogP contribution in [-0.4, -0.2) is 37.1 Å².